The molecule has 0 spiro atoms. The number of nitrogens with zero attached hydrogens (tertiary/aromatic N) is 2. The third-order valence-electron chi connectivity index (χ3n) is 3.09. The van der Waals surface area contributed by atoms with Crippen LogP contribution in [0.2, 0.25) is 5.15 Å². The molecule has 3 aromatic rings. The van der Waals surface area contributed by atoms with Crippen molar-refractivity contribution in [2.24, 2.45) is 0 Å². The number of fused-ring (bicyclic) bond motifs is 1. The lowest BCUT2D eigenvalue weighted by atomic mass is 10.1. The average molecular weight is 370 g/mol. The van der Waals surface area contributed by atoms with Gasteiger partial charge in [0.05, 0.1) is 0 Å². The van der Waals surface area contributed by atoms with Crippen LogP contribution in [0.15, 0.2) is 34.8 Å². The molecule has 0 aliphatic heterocycles. The van der Waals surface area contributed by atoms with E-state index >= 15 is 0 Å². The van der Waals surface area contributed by atoms with E-state index in [1.807, 2.05) is 0 Å². The Bertz CT molecular complexity index is 868. The zero-order chi connectivity index (χ0) is 15.1. The molecule has 0 unspecified atom stereocenters. The lowest BCUT2D eigenvalue weighted by Gasteiger charge is -2.07. The second-order valence-electron chi connectivity index (χ2n) is 4.59. The first-order valence-corrected chi connectivity index (χ1v) is 7.21. The van der Waals surface area contributed by atoms with Crippen molar-refractivity contribution in [3.05, 3.63) is 57.2 Å². The minimum Gasteiger partial charge on any atom is -0.225 e. The first-order chi connectivity index (χ1) is 9.95. The fraction of sp³-hybridized carbons (Fsp3) is 0.0667. The van der Waals surface area contributed by atoms with E-state index in [0.717, 1.165) is 0 Å². The van der Waals surface area contributed by atoms with E-state index in [2.05, 4.69) is 25.9 Å². The molecule has 0 fully saturated rings. The number of hydrogen-bond acceptors (Lipinski definition) is 2. The lowest BCUT2D eigenvalue weighted by Crippen LogP contribution is -1.95. The zero-order valence-electron chi connectivity index (χ0n) is 10.8. The monoisotopic (exact) mass is 368 g/mol. The average Bonchev–Trinajstić information content (AvgIpc) is 2.43. The van der Waals surface area contributed by atoms with E-state index in [1.54, 1.807) is 19.1 Å². The minimum atomic E-state index is -0.497. The van der Waals surface area contributed by atoms with Crippen LogP contribution in [0.25, 0.3) is 22.3 Å². The second-order valence-corrected chi connectivity index (χ2v) is 5.86. The predicted octanol–water partition coefficient (Wildman–Crippen LogP) is 5.30. The summed E-state index contributed by atoms with van der Waals surface area (Å²) in [6, 6.07) is 7.43. The van der Waals surface area contributed by atoms with E-state index in [4.69, 9.17) is 11.6 Å². The smallest absolute Gasteiger partial charge is 0.161 e. The summed E-state index contributed by atoms with van der Waals surface area (Å²) in [5, 5.41) is 0.573. The van der Waals surface area contributed by atoms with Gasteiger partial charge in [-0.25, -0.2) is 18.7 Å². The highest BCUT2D eigenvalue weighted by Crippen LogP contribution is 2.29. The molecule has 0 aliphatic carbocycles. The first-order valence-electron chi connectivity index (χ1n) is 6.04. The Morgan fingerprint density at radius 3 is 2.52 bits per heavy atom. The number of aromatic nitrogens is 2. The van der Waals surface area contributed by atoms with E-state index in [1.165, 1.54) is 18.2 Å². The number of benzene rings is 2. The molecule has 6 heteroatoms. The third kappa shape index (κ3) is 2.63. The topological polar surface area (TPSA) is 25.8 Å². The van der Waals surface area contributed by atoms with Gasteiger partial charge in [0.15, 0.2) is 11.6 Å². The van der Waals surface area contributed by atoms with Crippen LogP contribution >= 0.6 is 27.5 Å². The van der Waals surface area contributed by atoms with Crippen LogP contribution in [0.5, 0.6) is 0 Å². The van der Waals surface area contributed by atoms with Gasteiger partial charge in [-0.1, -0.05) is 27.5 Å². The Hall–Kier alpha value is -1.59. The largest absolute Gasteiger partial charge is 0.225 e. The van der Waals surface area contributed by atoms with Gasteiger partial charge in [-0.2, -0.15) is 0 Å². The summed E-state index contributed by atoms with van der Waals surface area (Å²) in [4.78, 5) is 8.37. The van der Waals surface area contributed by atoms with Gasteiger partial charge >= 0.3 is 0 Å². The summed E-state index contributed by atoms with van der Waals surface area (Å²) in [6.07, 6.45) is 0. The molecule has 0 N–H and O–H groups in total. The van der Waals surface area contributed by atoms with Crippen molar-refractivity contribution in [1.29, 1.82) is 0 Å². The number of halogens is 4. The van der Waals surface area contributed by atoms with Crippen molar-refractivity contribution in [2.75, 3.05) is 0 Å². The molecule has 0 saturated heterocycles. The Balaban J connectivity index is 2.27. The van der Waals surface area contributed by atoms with Crippen molar-refractivity contribution in [3.8, 4) is 11.4 Å². The first kappa shape index (κ1) is 14.4. The van der Waals surface area contributed by atoms with Crippen LogP contribution in [-0.4, -0.2) is 9.97 Å². The molecule has 0 bridgehead atoms. The molecule has 1 aromatic heterocycles. The Morgan fingerprint density at radius 2 is 1.81 bits per heavy atom. The van der Waals surface area contributed by atoms with Gasteiger partial charge in [-0.15, -0.1) is 0 Å². The molecule has 1 heterocycles. The predicted molar refractivity (Wildman–Crippen MR) is 82.3 cm³/mol. The van der Waals surface area contributed by atoms with Crippen LogP contribution in [0.1, 0.15) is 5.56 Å². The molecule has 3 rings (SSSR count). The molecule has 0 aliphatic rings. The van der Waals surface area contributed by atoms with Crippen LogP contribution < -0.4 is 0 Å². The molecule has 106 valence electrons. The Kier molecular flexibility index (Phi) is 3.63. The van der Waals surface area contributed by atoms with E-state index in [-0.39, 0.29) is 22.3 Å². The third-order valence-corrected chi connectivity index (χ3v) is 3.83. The standard InChI is InChI=1S/C15H8BrClF2N2/c1-7-4-8(2-3-11(7)18)15-20-13-10(14(17)21-15)5-9(16)6-12(13)19/h2-6H,1H3. The number of rotatable bonds is 1. The van der Waals surface area contributed by atoms with Gasteiger partial charge in [0.25, 0.3) is 0 Å². The van der Waals surface area contributed by atoms with E-state index in [0.29, 0.717) is 21.0 Å². The van der Waals surface area contributed by atoms with Crippen molar-refractivity contribution in [1.82, 2.24) is 9.97 Å². The van der Waals surface area contributed by atoms with Crippen LogP contribution in [-0.2, 0) is 0 Å². The van der Waals surface area contributed by atoms with E-state index in [9.17, 15) is 8.78 Å². The minimum absolute atomic E-state index is 0.134. The Labute approximate surface area is 132 Å². The van der Waals surface area contributed by atoms with Gasteiger partial charge < -0.3 is 0 Å². The van der Waals surface area contributed by atoms with Crippen LogP contribution in [0.4, 0.5) is 8.78 Å². The summed E-state index contributed by atoms with van der Waals surface area (Å²) in [5.74, 6) is -0.554. The van der Waals surface area contributed by atoms with Gasteiger partial charge in [0.2, 0.25) is 0 Å². The summed E-state index contributed by atoms with van der Waals surface area (Å²) in [7, 11) is 0. The maximum atomic E-state index is 14.0. The highest BCUT2D eigenvalue weighted by Gasteiger charge is 2.13. The maximum absolute atomic E-state index is 14.0. The molecular formula is C15H8BrClF2N2. The summed E-state index contributed by atoms with van der Waals surface area (Å²) < 4.78 is 27.9. The highest BCUT2D eigenvalue weighted by atomic mass is 79.9. The number of aryl methyl sites for hydroxylation is 1. The van der Waals surface area contributed by atoms with Gasteiger partial charge in [-0.05, 0) is 42.8 Å². The summed E-state index contributed by atoms with van der Waals surface area (Å²) in [6.45, 7) is 1.64. The zero-order valence-corrected chi connectivity index (χ0v) is 13.1. The molecule has 2 nitrogen and oxygen atoms in total. The van der Waals surface area contributed by atoms with Crippen LogP contribution in [0.3, 0.4) is 0 Å². The van der Waals surface area contributed by atoms with Gasteiger partial charge in [0, 0.05) is 15.4 Å². The fourth-order valence-corrected chi connectivity index (χ4v) is 2.69. The van der Waals surface area contributed by atoms with Gasteiger partial charge in [0.1, 0.15) is 16.5 Å². The molecule has 0 saturated carbocycles. The molecule has 21 heavy (non-hydrogen) atoms. The van der Waals surface area contributed by atoms with Gasteiger partial charge in [-0.3, -0.25) is 0 Å². The highest BCUT2D eigenvalue weighted by molar-refractivity contribution is 9.10. The molecular weight excluding hydrogens is 362 g/mol. The quantitative estimate of drug-likeness (QED) is 0.544. The lowest BCUT2D eigenvalue weighted by molar-refractivity contribution is 0.618. The summed E-state index contributed by atoms with van der Waals surface area (Å²) >= 11 is 9.32. The number of hydrogen-bond donors (Lipinski definition) is 0. The van der Waals surface area contributed by atoms with Crippen LogP contribution in [0, 0.1) is 18.6 Å². The summed E-state index contributed by atoms with van der Waals surface area (Å²) in [5.41, 5.74) is 1.18. The second kappa shape index (κ2) is 5.31. The van der Waals surface area contributed by atoms with Crippen molar-refractivity contribution in [2.45, 2.75) is 6.92 Å². The fourth-order valence-electron chi connectivity index (χ4n) is 2.03. The van der Waals surface area contributed by atoms with Crippen molar-refractivity contribution >= 4 is 38.4 Å². The Morgan fingerprint density at radius 1 is 1.05 bits per heavy atom. The van der Waals surface area contributed by atoms with E-state index < -0.39 is 5.82 Å². The molecule has 2 aromatic carbocycles. The molecule has 0 atom stereocenters. The molecule has 0 amide bonds. The molecule has 0 radical (unpaired) electrons. The van der Waals surface area contributed by atoms with Crippen molar-refractivity contribution in [3.63, 3.8) is 0 Å². The SMILES string of the molecule is Cc1cc(-c2nc(Cl)c3cc(Br)cc(F)c3n2)ccc1F. The maximum Gasteiger partial charge on any atom is 0.161 e. The van der Waals surface area contributed by atoms with Crippen molar-refractivity contribution < 1.29 is 8.78 Å². The normalized spacial score (nSPS) is 11.1.